The van der Waals surface area contributed by atoms with Crippen LogP contribution in [0.15, 0.2) is 60.8 Å². The first kappa shape index (κ1) is 19.5. The highest BCUT2D eigenvalue weighted by molar-refractivity contribution is 5.36. The summed E-state index contributed by atoms with van der Waals surface area (Å²) in [7, 11) is 2.12. The molecule has 0 saturated carbocycles. The van der Waals surface area contributed by atoms with Crippen molar-refractivity contribution in [3.63, 3.8) is 0 Å². The Kier molecular flexibility index (Phi) is 6.26. The van der Waals surface area contributed by atoms with Crippen LogP contribution < -0.4 is 16.8 Å². The SMILES string of the molecule is C=C(NC(c1ccccc1)c1ccc(C(N)CN)c(F)c1)C1CCCN1C. The van der Waals surface area contributed by atoms with Crippen LogP contribution in [0.4, 0.5) is 4.39 Å². The summed E-state index contributed by atoms with van der Waals surface area (Å²) in [6, 6.07) is 14.9. The minimum atomic E-state index is -0.496. The minimum Gasteiger partial charge on any atom is -0.377 e. The molecule has 5 N–H and O–H groups in total. The Labute approximate surface area is 161 Å². The van der Waals surface area contributed by atoms with E-state index in [0.717, 1.165) is 36.2 Å². The Morgan fingerprint density at radius 3 is 2.59 bits per heavy atom. The average molecular weight is 369 g/mol. The molecule has 3 unspecified atom stereocenters. The van der Waals surface area contributed by atoms with E-state index in [1.54, 1.807) is 12.1 Å². The maximum Gasteiger partial charge on any atom is 0.128 e. The Bertz CT molecular complexity index is 777. The molecular formula is C22H29FN4. The van der Waals surface area contributed by atoms with Gasteiger partial charge >= 0.3 is 0 Å². The molecule has 0 aromatic heterocycles. The van der Waals surface area contributed by atoms with Crippen LogP contribution in [0.1, 0.15) is 41.6 Å². The fourth-order valence-corrected chi connectivity index (χ4v) is 3.79. The Morgan fingerprint density at radius 2 is 2.00 bits per heavy atom. The van der Waals surface area contributed by atoms with Crippen LogP contribution in [-0.2, 0) is 0 Å². The lowest BCUT2D eigenvalue weighted by Gasteiger charge is -2.28. The van der Waals surface area contributed by atoms with E-state index in [9.17, 15) is 4.39 Å². The second-order valence-corrected chi connectivity index (χ2v) is 7.28. The highest BCUT2D eigenvalue weighted by Gasteiger charge is 2.26. The lowest BCUT2D eigenvalue weighted by molar-refractivity contribution is 0.331. The molecule has 1 fully saturated rings. The largest absolute Gasteiger partial charge is 0.377 e. The molecule has 2 aromatic carbocycles. The van der Waals surface area contributed by atoms with Gasteiger partial charge in [0.15, 0.2) is 0 Å². The van der Waals surface area contributed by atoms with Crippen molar-refractivity contribution in [2.45, 2.75) is 31.0 Å². The quantitative estimate of drug-likeness (QED) is 0.703. The number of likely N-dealkylation sites (tertiary alicyclic amines) is 1. The molecule has 2 aromatic rings. The van der Waals surface area contributed by atoms with Crippen LogP contribution in [0, 0.1) is 5.82 Å². The van der Waals surface area contributed by atoms with Crippen molar-refractivity contribution in [3.8, 4) is 0 Å². The zero-order valence-electron chi connectivity index (χ0n) is 15.9. The molecular weight excluding hydrogens is 339 g/mol. The van der Waals surface area contributed by atoms with Gasteiger partial charge in [0.05, 0.1) is 6.04 Å². The van der Waals surface area contributed by atoms with Gasteiger partial charge in [-0.15, -0.1) is 0 Å². The second kappa shape index (κ2) is 8.65. The van der Waals surface area contributed by atoms with Crippen molar-refractivity contribution in [1.82, 2.24) is 10.2 Å². The summed E-state index contributed by atoms with van der Waals surface area (Å²) < 4.78 is 14.7. The van der Waals surface area contributed by atoms with Gasteiger partial charge in [0.2, 0.25) is 0 Å². The topological polar surface area (TPSA) is 67.3 Å². The molecule has 0 amide bonds. The monoisotopic (exact) mass is 368 g/mol. The first-order valence-electron chi connectivity index (χ1n) is 9.46. The van der Waals surface area contributed by atoms with Gasteiger partial charge in [0, 0.05) is 29.9 Å². The van der Waals surface area contributed by atoms with Crippen LogP contribution in [0.3, 0.4) is 0 Å². The van der Waals surface area contributed by atoms with Crippen molar-refractivity contribution < 1.29 is 4.39 Å². The van der Waals surface area contributed by atoms with Gasteiger partial charge in [-0.25, -0.2) is 4.39 Å². The van der Waals surface area contributed by atoms with Gasteiger partial charge in [-0.05, 0) is 43.6 Å². The maximum atomic E-state index is 14.7. The van der Waals surface area contributed by atoms with Gasteiger partial charge in [0.25, 0.3) is 0 Å². The van der Waals surface area contributed by atoms with Crippen molar-refractivity contribution >= 4 is 0 Å². The summed E-state index contributed by atoms with van der Waals surface area (Å²) in [6.07, 6.45) is 2.25. The van der Waals surface area contributed by atoms with E-state index in [-0.39, 0.29) is 18.4 Å². The number of likely N-dealkylation sites (N-methyl/N-ethyl adjacent to an activating group) is 1. The molecule has 1 heterocycles. The number of nitrogens with zero attached hydrogens (tertiary/aromatic N) is 1. The molecule has 27 heavy (non-hydrogen) atoms. The Morgan fingerprint density at radius 1 is 1.26 bits per heavy atom. The third-order valence-electron chi connectivity index (χ3n) is 5.40. The Hall–Kier alpha value is -2.21. The molecule has 3 atom stereocenters. The maximum absolute atomic E-state index is 14.7. The first-order valence-corrected chi connectivity index (χ1v) is 9.46. The molecule has 0 bridgehead atoms. The van der Waals surface area contributed by atoms with Crippen molar-refractivity contribution in [3.05, 3.63) is 83.3 Å². The van der Waals surface area contributed by atoms with E-state index in [4.69, 9.17) is 11.5 Å². The number of benzene rings is 2. The van der Waals surface area contributed by atoms with Crippen LogP contribution in [0.5, 0.6) is 0 Å². The molecule has 1 aliphatic rings. The highest BCUT2D eigenvalue weighted by Crippen LogP contribution is 2.28. The fourth-order valence-electron chi connectivity index (χ4n) is 3.79. The molecule has 0 aliphatic carbocycles. The van der Waals surface area contributed by atoms with Crippen LogP contribution in [0.2, 0.25) is 0 Å². The van der Waals surface area contributed by atoms with Gasteiger partial charge in [-0.3, -0.25) is 4.90 Å². The molecule has 144 valence electrons. The number of hydrogen-bond donors (Lipinski definition) is 3. The van der Waals surface area contributed by atoms with E-state index in [1.165, 1.54) is 0 Å². The summed E-state index contributed by atoms with van der Waals surface area (Å²) in [5, 5.41) is 3.55. The summed E-state index contributed by atoms with van der Waals surface area (Å²) in [4.78, 5) is 2.31. The molecule has 3 rings (SSSR count). The number of nitrogens with two attached hydrogens (primary N) is 2. The van der Waals surface area contributed by atoms with Gasteiger partial charge in [-0.2, -0.15) is 0 Å². The van der Waals surface area contributed by atoms with E-state index >= 15 is 0 Å². The van der Waals surface area contributed by atoms with E-state index in [2.05, 4.69) is 23.8 Å². The molecule has 5 heteroatoms. The second-order valence-electron chi connectivity index (χ2n) is 7.28. The lowest BCUT2D eigenvalue weighted by Crippen LogP contribution is -2.35. The normalized spacial score (nSPS) is 19.6. The Balaban J connectivity index is 1.91. The smallest absolute Gasteiger partial charge is 0.128 e. The third-order valence-corrected chi connectivity index (χ3v) is 5.40. The van der Waals surface area contributed by atoms with Gasteiger partial charge in [0.1, 0.15) is 5.82 Å². The fraction of sp³-hybridized carbons (Fsp3) is 0.364. The van der Waals surface area contributed by atoms with Crippen LogP contribution in [0.25, 0.3) is 0 Å². The van der Waals surface area contributed by atoms with E-state index in [1.807, 2.05) is 36.4 Å². The number of rotatable bonds is 7. The van der Waals surface area contributed by atoms with Gasteiger partial charge in [-0.1, -0.05) is 49.0 Å². The number of halogens is 1. The summed E-state index contributed by atoms with van der Waals surface area (Å²) >= 11 is 0. The summed E-state index contributed by atoms with van der Waals surface area (Å²) in [5.74, 6) is -0.322. The van der Waals surface area contributed by atoms with E-state index in [0.29, 0.717) is 11.6 Å². The molecule has 0 radical (unpaired) electrons. The summed E-state index contributed by atoms with van der Waals surface area (Å²) in [5.41, 5.74) is 14.8. The van der Waals surface area contributed by atoms with Crippen molar-refractivity contribution in [2.75, 3.05) is 20.1 Å². The molecule has 0 spiro atoms. The molecule has 1 aliphatic heterocycles. The number of nitrogens with one attached hydrogen (secondary N) is 1. The zero-order valence-corrected chi connectivity index (χ0v) is 15.9. The lowest BCUT2D eigenvalue weighted by atomic mass is 9.95. The predicted octanol–water partition coefficient (Wildman–Crippen LogP) is 3.07. The van der Waals surface area contributed by atoms with Crippen LogP contribution in [-0.4, -0.2) is 31.1 Å². The third kappa shape index (κ3) is 4.38. The molecule has 1 saturated heterocycles. The van der Waals surface area contributed by atoms with Crippen molar-refractivity contribution in [1.29, 1.82) is 0 Å². The minimum absolute atomic E-state index is 0.176. The average Bonchev–Trinajstić information content (AvgIpc) is 3.12. The van der Waals surface area contributed by atoms with E-state index < -0.39 is 6.04 Å². The zero-order chi connectivity index (χ0) is 19.4. The first-order chi connectivity index (χ1) is 13.0. The molecule has 4 nitrogen and oxygen atoms in total. The standard InChI is InChI=1S/C22H29FN4/c1-15(21-9-6-12-27(21)2)26-22(16-7-4-3-5-8-16)17-10-11-18(19(23)13-17)20(25)14-24/h3-5,7-8,10-11,13,20-22,26H,1,6,9,12,14,24-25H2,2H3. The van der Waals surface area contributed by atoms with Crippen molar-refractivity contribution in [2.24, 2.45) is 11.5 Å². The summed E-state index contributed by atoms with van der Waals surface area (Å²) in [6.45, 7) is 5.56. The van der Waals surface area contributed by atoms with Crippen LogP contribution >= 0.6 is 0 Å². The van der Waals surface area contributed by atoms with Gasteiger partial charge < -0.3 is 16.8 Å². The predicted molar refractivity (Wildman–Crippen MR) is 109 cm³/mol. The number of hydrogen-bond acceptors (Lipinski definition) is 4. The highest BCUT2D eigenvalue weighted by atomic mass is 19.1.